The maximum atomic E-state index is 12.2. The summed E-state index contributed by atoms with van der Waals surface area (Å²) in [4.78, 5) is 23.7. The van der Waals surface area contributed by atoms with Crippen LogP contribution in [0.25, 0.3) is 0 Å². The molecule has 2 aromatic carbocycles. The predicted octanol–water partition coefficient (Wildman–Crippen LogP) is 2.72. The molecule has 3 rings (SSSR count). The second kappa shape index (κ2) is 8.58. The van der Waals surface area contributed by atoms with Gasteiger partial charge in [-0.15, -0.1) is 0 Å². The Morgan fingerprint density at radius 1 is 1.07 bits per heavy atom. The number of fused-ring (bicyclic) bond motifs is 1. The fourth-order valence-electron chi connectivity index (χ4n) is 2.99. The summed E-state index contributed by atoms with van der Waals surface area (Å²) in [7, 11) is 0. The summed E-state index contributed by atoms with van der Waals surface area (Å²) in [6, 6.07) is 13.4. The number of aryl methyl sites for hydroxylation is 1. The molecule has 1 atom stereocenters. The molecule has 2 aromatic rings. The van der Waals surface area contributed by atoms with Crippen molar-refractivity contribution < 1.29 is 24.2 Å². The van der Waals surface area contributed by atoms with Crippen LogP contribution in [-0.2, 0) is 22.4 Å². The van der Waals surface area contributed by atoms with Gasteiger partial charge in [-0.2, -0.15) is 0 Å². The standard InChI is InChI=1S/C21H23NO5/c1-14-2-4-15(5-3-14)10-17(21(24)25)12-20(23)22-9-8-16-6-7-18-19(11-16)27-13-26-18/h2-7,11,17H,8-10,12-13H2,1H3,(H,22,23)(H,24,25)/t17-/m0/s1. The normalized spacial score (nSPS) is 13.2. The molecule has 0 aromatic heterocycles. The average Bonchev–Trinajstić information content (AvgIpc) is 3.10. The van der Waals surface area contributed by atoms with Gasteiger partial charge in [0.2, 0.25) is 12.7 Å². The second-order valence-corrected chi connectivity index (χ2v) is 6.72. The number of rotatable bonds is 8. The molecule has 0 saturated carbocycles. The highest BCUT2D eigenvalue weighted by Crippen LogP contribution is 2.32. The quantitative estimate of drug-likeness (QED) is 0.747. The molecule has 0 unspecified atom stereocenters. The van der Waals surface area contributed by atoms with Crippen LogP contribution < -0.4 is 14.8 Å². The van der Waals surface area contributed by atoms with E-state index in [0.717, 1.165) is 22.4 Å². The van der Waals surface area contributed by atoms with E-state index in [1.54, 1.807) is 0 Å². The lowest BCUT2D eigenvalue weighted by Gasteiger charge is -2.13. The zero-order valence-corrected chi connectivity index (χ0v) is 15.2. The first-order valence-electron chi connectivity index (χ1n) is 8.95. The second-order valence-electron chi connectivity index (χ2n) is 6.72. The number of carbonyl (C=O) groups excluding carboxylic acids is 1. The predicted molar refractivity (Wildman–Crippen MR) is 99.9 cm³/mol. The lowest BCUT2D eigenvalue weighted by molar-refractivity contribution is -0.144. The monoisotopic (exact) mass is 369 g/mol. The first kappa shape index (κ1) is 18.8. The van der Waals surface area contributed by atoms with Crippen LogP contribution in [0.15, 0.2) is 42.5 Å². The third-order valence-corrected chi connectivity index (χ3v) is 4.56. The lowest BCUT2D eigenvalue weighted by atomic mass is 9.95. The number of benzene rings is 2. The molecule has 1 aliphatic rings. The van der Waals surface area contributed by atoms with Crippen LogP contribution in [0.3, 0.4) is 0 Å². The van der Waals surface area contributed by atoms with Crippen molar-refractivity contribution in [2.45, 2.75) is 26.2 Å². The molecule has 0 saturated heterocycles. The minimum absolute atomic E-state index is 0.0374. The van der Waals surface area contributed by atoms with Crippen molar-refractivity contribution in [1.82, 2.24) is 5.32 Å². The lowest BCUT2D eigenvalue weighted by Crippen LogP contribution is -2.30. The largest absolute Gasteiger partial charge is 0.481 e. The summed E-state index contributed by atoms with van der Waals surface area (Å²) >= 11 is 0. The maximum absolute atomic E-state index is 12.2. The molecule has 0 fully saturated rings. The smallest absolute Gasteiger partial charge is 0.307 e. The van der Waals surface area contributed by atoms with Crippen molar-refractivity contribution in [2.24, 2.45) is 5.92 Å². The number of aliphatic carboxylic acids is 1. The third-order valence-electron chi connectivity index (χ3n) is 4.56. The van der Waals surface area contributed by atoms with Gasteiger partial charge in [-0.1, -0.05) is 35.9 Å². The van der Waals surface area contributed by atoms with Crippen LogP contribution in [-0.4, -0.2) is 30.3 Å². The molecule has 1 heterocycles. The van der Waals surface area contributed by atoms with Crippen molar-refractivity contribution in [3.63, 3.8) is 0 Å². The first-order valence-corrected chi connectivity index (χ1v) is 8.95. The zero-order valence-electron chi connectivity index (χ0n) is 15.2. The Kier molecular flexibility index (Phi) is 5.96. The Hall–Kier alpha value is -3.02. The molecule has 0 radical (unpaired) electrons. The third kappa shape index (κ3) is 5.23. The first-order chi connectivity index (χ1) is 13.0. The van der Waals surface area contributed by atoms with E-state index in [4.69, 9.17) is 9.47 Å². The van der Waals surface area contributed by atoms with Gasteiger partial charge in [0.25, 0.3) is 0 Å². The van der Waals surface area contributed by atoms with E-state index in [2.05, 4.69) is 5.32 Å². The highest BCUT2D eigenvalue weighted by Gasteiger charge is 2.21. The van der Waals surface area contributed by atoms with Gasteiger partial charge in [0.15, 0.2) is 11.5 Å². The van der Waals surface area contributed by atoms with E-state index >= 15 is 0 Å². The van der Waals surface area contributed by atoms with Crippen LogP contribution in [0.4, 0.5) is 0 Å². The molecule has 2 N–H and O–H groups in total. The molecule has 142 valence electrons. The van der Waals surface area contributed by atoms with Crippen LogP contribution in [0, 0.1) is 12.8 Å². The van der Waals surface area contributed by atoms with E-state index < -0.39 is 11.9 Å². The van der Waals surface area contributed by atoms with Crippen LogP contribution >= 0.6 is 0 Å². The van der Waals surface area contributed by atoms with Crippen molar-refractivity contribution >= 4 is 11.9 Å². The number of carboxylic acid groups (broad SMARTS) is 1. The van der Waals surface area contributed by atoms with Crippen molar-refractivity contribution in [3.05, 3.63) is 59.2 Å². The number of carbonyl (C=O) groups is 2. The van der Waals surface area contributed by atoms with E-state index in [1.807, 2.05) is 49.4 Å². The molecule has 6 heteroatoms. The highest BCUT2D eigenvalue weighted by atomic mass is 16.7. The minimum atomic E-state index is -0.957. The summed E-state index contributed by atoms with van der Waals surface area (Å²) < 4.78 is 10.6. The highest BCUT2D eigenvalue weighted by molar-refractivity contribution is 5.82. The van der Waals surface area contributed by atoms with E-state index in [0.29, 0.717) is 25.1 Å². The zero-order chi connectivity index (χ0) is 19.2. The van der Waals surface area contributed by atoms with Crippen LogP contribution in [0.5, 0.6) is 11.5 Å². The van der Waals surface area contributed by atoms with Gasteiger partial charge < -0.3 is 19.9 Å². The van der Waals surface area contributed by atoms with Gasteiger partial charge in [0, 0.05) is 13.0 Å². The number of hydrogen-bond donors (Lipinski definition) is 2. The summed E-state index contributed by atoms with van der Waals surface area (Å²) in [5.74, 6) is -0.513. The number of nitrogens with one attached hydrogen (secondary N) is 1. The van der Waals surface area contributed by atoms with Gasteiger partial charge in [-0.3, -0.25) is 9.59 Å². The topological polar surface area (TPSA) is 84.9 Å². The van der Waals surface area contributed by atoms with Crippen molar-refractivity contribution in [3.8, 4) is 11.5 Å². The van der Waals surface area contributed by atoms with Gasteiger partial charge in [0.1, 0.15) is 0 Å². The molecule has 0 spiro atoms. The van der Waals surface area contributed by atoms with E-state index in [1.165, 1.54) is 0 Å². The van der Waals surface area contributed by atoms with Gasteiger partial charge in [-0.25, -0.2) is 0 Å². The Labute approximate surface area is 158 Å². The summed E-state index contributed by atoms with van der Waals surface area (Å²) in [5, 5.41) is 12.2. The molecule has 0 aliphatic carbocycles. The Bertz CT molecular complexity index is 816. The SMILES string of the molecule is Cc1ccc(C[C@@H](CC(=O)NCCc2ccc3c(c2)OCO3)C(=O)O)cc1. The number of amides is 1. The fraction of sp³-hybridized carbons (Fsp3) is 0.333. The summed E-state index contributed by atoms with van der Waals surface area (Å²) in [6.45, 7) is 2.65. The fourth-order valence-corrected chi connectivity index (χ4v) is 2.99. The molecule has 6 nitrogen and oxygen atoms in total. The number of ether oxygens (including phenoxy) is 2. The van der Waals surface area contributed by atoms with E-state index in [9.17, 15) is 14.7 Å². The number of hydrogen-bond acceptors (Lipinski definition) is 4. The van der Waals surface area contributed by atoms with Crippen LogP contribution in [0.2, 0.25) is 0 Å². The molecular weight excluding hydrogens is 346 g/mol. The minimum Gasteiger partial charge on any atom is -0.481 e. The molecular formula is C21H23NO5. The Morgan fingerprint density at radius 3 is 2.52 bits per heavy atom. The van der Waals surface area contributed by atoms with Gasteiger partial charge in [-0.05, 0) is 43.0 Å². The van der Waals surface area contributed by atoms with Crippen molar-refractivity contribution in [1.29, 1.82) is 0 Å². The molecule has 1 amide bonds. The molecule has 0 bridgehead atoms. The van der Waals surface area contributed by atoms with Gasteiger partial charge in [0.05, 0.1) is 5.92 Å². The Morgan fingerprint density at radius 2 is 1.78 bits per heavy atom. The van der Waals surface area contributed by atoms with E-state index in [-0.39, 0.29) is 19.1 Å². The summed E-state index contributed by atoms with van der Waals surface area (Å²) in [6.07, 6.45) is 0.938. The summed E-state index contributed by atoms with van der Waals surface area (Å²) in [5.41, 5.74) is 3.06. The molecule has 1 aliphatic heterocycles. The average molecular weight is 369 g/mol. The van der Waals surface area contributed by atoms with Crippen molar-refractivity contribution in [2.75, 3.05) is 13.3 Å². The maximum Gasteiger partial charge on any atom is 0.307 e. The Balaban J connectivity index is 1.47. The molecule has 27 heavy (non-hydrogen) atoms. The van der Waals surface area contributed by atoms with Crippen LogP contribution in [0.1, 0.15) is 23.1 Å². The number of carboxylic acids is 1. The van der Waals surface area contributed by atoms with Gasteiger partial charge >= 0.3 is 5.97 Å².